The lowest BCUT2D eigenvalue weighted by Gasteiger charge is -2.14. The summed E-state index contributed by atoms with van der Waals surface area (Å²) in [6.45, 7) is 4.01. The van der Waals surface area contributed by atoms with Crippen LogP contribution in [0.4, 0.5) is 10.5 Å². The molecule has 0 saturated heterocycles. The van der Waals surface area contributed by atoms with Gasteiger partial charge in [-0.25, -0.2) is 10.2 Å². The summed E-state index contributed by atoms with van der Waals surface area (Å²) in [5.74, 6) is 0.524. The Morgan fingerprint density at radius 2 is 1.93 bits per heavy atom. The molecule has 0 saturated carbocycles. The Labute approximate surface area is 171 Å². The first-order chi connectivity index (χ1) is 13.4. The number of aryl methyl sites for hydroxylation is 1. The minimum atomic E-state index is -0.764. The molecule has 2 aromatic carbocycles. The molecule has 0 aliphatic rings. The van der Waals surface area contributed by atoms with Gasteiger partial charge >= 0.3 is 6.03 Å². The number of hydrogen-bond donors (Lipinski definition) is 3. The van der Waals surface area contributed by atoms with Gasteiger partial charge in [0.25, 0.3) is 5.91 Å². The predicted molar refractivity (Wildman–Crippen MR) is 111 cm³/mol. The van der Waals surface area contributed by atoms with E-state index in [0.717, 1.165) is 5.56 Å². The normalized spacial score (nSPS) is 10.5. The molecule has 9 heteroatoms. The Morgan fingerprint density at radius 3 is 2.57 bits per heavy atom. The van der Waals surface area contributed by atoms with E-state index in [2.05, 4.69) is 31.8 Å². The molecule has 0 fully saturated rings. The number of rotatable bonds is 8. The van der Waals surface area contributed by atoms with Gasteiger partial charge in [0, 0.05) is 5.69 Å². The van der Waals surface area contributed by atoms with Crippen LogP contribution in [0.15, 0.2) is 46.0 Å². The lowest BCUT2D eigenvalue weighted by molar-refractivity contribution is -0.118. The second-order valence-corrected chi connectivity index (χ2v) is 6.55. The van der Waals surface area contributed by atoms with Crippen LogP contribution in [0.2, 0.25) is 0 Å². The van der Waals surface area contributed by atoms with Crippen LogP contribution in [-0.4, -0.2) is 31.4 Å². The summed E-state index contributed by atoms with van der Waals surface area (Å²) in [7, 11) is 0. The lowest BCUT2D eigenvalue weighted by atomic mass is 10.2. The number of hydrogen-bond acceptors (Lipinski definition) is 5. The number of nitrogens with zero attached hydrogens (tertiary/aromatic N) is 1. The van der Waals surface area contributed by atoms with Crippen molar-refractivity contribution in [3.63, 3.8) is 0 Å². The highest BCUT2D eigenvalue weighted by Gasteiger charge is 2.14. The number of anilines is 1. The van der Waals surface area contributed by atoms with E-state index < -0.39 is 6.03 Å². The lowest BCUT2D eigenvalue weighted by Crippen LogP contribution is -2.24. The molecule has 0 atom stereocenters. The number of carbonyl (C=O) groups is 2. The van der Waals surface area contributed by atoms with Gasteiger partial charge in [0.15, 0.2) is 18.1 Å². The number of nitrogens with one attached hydrogen (secondary N) is 2. The van der Waals surface area contributed by atoms with Crippen molar-refractivity contribution in [1.82, 2.24) is 5.43 Å². The standard InChI is InChI=1S/C19H21BrN4O4/c1-3-27-16-9-13(10-22-24-19(21)26)8-15(20)18(16)28-11-17(25)23-14-6-4-12(2)5-7-14/h4-10H,3,11H2,1-2H3,(H,23,25)(H3,21,24,26). The Hall–Kier alpha value is -3.07. The van der Waals surface area contributed by atoms with Crippen molar-refractivity contribution in [2.24, 2.45) is 10.8 Å². The first-order valence-electron chi connectivity index (χ1n) is 8.43. The van der Waals surface area contributed by atoms with E-state index in [1.165, 1.54) is 6.21 Å². The smallest absolute Gasteiger partial charge is 0.332 e. The van der Waals surface area contributed by atoms with Gasteiger partial charge < -0.3 is 20.5 Å². The minimum absolute atomic E-state index is 0.191. The van der Waals surface area contributed by atoms with Crippen molar-refractivity contribution in [3.05, 3.63) is 52.0 Å². The van der Waals surface area contributed by atoms with Crippen molar-refractivity contribution in [3.8, 4) is 11.5 Å². The third-order valence-electron chi connectivity index (χ3n) is 3.40. The van der Waals surface area contributed by atoms with Crippen LogP contribution >= 0.6 is 15.9 Å². The molecule has 28 heavy (non-hydrogen) atoms. The minimum Gasteiger partial charge on any atom is -0.490 e. The number of hydrazone groups is 1. The van der Waals surface area contributed by atoms with Crippen LogP contribution in [0.1, 0.15) is 18.1 Å². The number of urea groups is 1. The summed E-state index contributed by atoms with van der Waals surface area (Å²) in [5, 5.41) is 6.48. The average molecular weight is 449 g/mol. The third-order valence-corrected chi connectivity index (χ3v) is 3.99. The fraction of sp³-hybridized carbons (Fsp3) is 0.211. The highest BCUT2D eigenvalue weighted by molar-refractivity contribution is 9.10. The third kappa shape index (κ3) is 6.58. The van der Waals surface area contributed by atoms with Crippen molar-refractivity contribution >= 4 is 39.8 Å². The molecule has 3 amide bonds. The molecule has 0 aromatic heterocycles. The van der Waals surface area contributed by atoms with Crippen LogP contribution in [0.3, 0.4) is 0 Å². The molecule has 148 valence electrons. The summed E-state index contributed by atoms with van der Waals surface area (Å²) < 4.78 is 11.8. The highest BCUT2D eigenvalue weighted by atomic mass is 79.9. The number of primary amides is 1. The van der Waals surface area contributed by atoms with E-state index in [4.69, 9.17) is 15.2 Å². The topological polar surface area (TPSA) is 115 Å². The van der Waals surface area contributed by atoms with Crippen LogP contribution < -0.4 is 25.9 Å². The largest absolute Gasteiger partial charge is 0.490 e. The predicted octanol–water partition coefficient (Wildman–Crippen LogP) is 3.18. The van der Waals surface area contributed by atoms with Gasteiger partial charge in [0.05, 0.1) is 17.3 Å². The number of benzene rings is 2. The zero-order chi connectivity index (χ0) is 20.5. The van der Waals surface area contributed by atoms with E-state index in [0.29, 0.717) is 33.8 Å². The molecule has 0 aliphatic carbocycles. The van der Waals surface area contributed by atoms with Crippen LogP contribution in [-0.2, 0) is 4.79 Å². The number of halogens is 1. The van der Waals surface area contributed by atoms with E-state index in [1.807, 2.05) is 38.1 Å². The second-order valence-electron chi connectivity index (χ2n) is 5.70. The molecule has 0 spiro atoms. The van der Waals surface area contributed by atoms with Gasteiger partial charge in [-0.05, 0) is 59.6 Å². The fourth-order valence-electron chi connectivity index (χ4n) is 2.21. The molecule has 0 aliphatic heterocycles. The summed E-state index contributed by atoms with van der Waals surface area (Å²) in [5.41, 5.74) is 9.51. The number of ether oxygens (including phenoxy) is 2. The number of carbonyl (C=O) groups excluding carboxylic acids is 2. The summed E-state index contributed by atoms with van der Waals surface area (Å²) in [4.78, 5) is 22.8. The van der Waals surface area contributed by atoms with Crippen LogP contribution in [0.5, 0.6) is 11.5 Å². The second kappa shape index (κ2) is 10.3. The molecule has 0 radical (unpaired) electrons. The monoisotopic (exact) mass is 448 g/mol. The highest BCUT2D eigenvalue weighted by Crippen LogP contribution is 2.36. The first kappa shape index (κ1) is 21.2. The van der Waals surface area contributed by atoms with Crippen LogP contribution in [0.25, 0.3) is 0 Å². The number of nitrogens with two attached hydrogens (primary N) is 1. The fourth-order valence-corrected chi connectivity index (χ4v) is 2.78. The maximum Gasteiger partial charge on any atom is 0.332 e. The Balaban J connectivity index is 2.08. The maximum absolute atomic E-state index is 12.2. The maximum atomic E-state index is 12.2. The van der Waals surface area contributed by atoms with E-state index >= 15 is 0 Å². The Morgan fingerprint density at radius 1 is 1.21 bits per heavy atom. The van der Waals surface area contributed by atoms with Gasteiger partial charge in [-0.15, -0.1) is 0 Å². The van der Waals surface area contributed by atoms with Crippen molar-refractivity contribution in [2.75, 3.05) is 18.5 Å². The molecular weight excluding hydrogens is 428 g/mol. The Bertz CT molecular complexity index is 869. The number of amides is 3. The van der Waals surface area contributed by atoms with Gasteiger partial charge in [0.1, 0.15) is 0 Å². The average Bonchev–Trinajstić information content (AvgIpc) is 2.63. The summed E-state index contributed by atoms with van der Waals surface area (Å²) >= 11 is 3.40. The van der Waals surface area contributed by atoms with E-state index in [9.17, 15) is 9.59 Å². The van der Waals surface area contributed by atoms with Crippen molar-refractivity contribution in [1.29, 1.82) is 0 Å². The summed E-state index contributed by atoms with van der Waals surface area (Å²) in [6, 6.07) is 10.1. The molecule has 0 heterocycles. The van der Waals surface area contributed by atoms with Gasteiger partial charge in [-0.1, -0.05) is 17.7 Å². The van der Waals surface area contributed by atoms with Crippen molar-refractivity contribution in [2.45, 2.75) is 13.8 Å². The van der Waals surface area contributed by atoms with Crippen molar-refractivity contribution < 1.29 is 19.1 Å². The van der Waals surface area contributed by atoms with Gasteiger partial charge in [0.2, 0.25) is 0 Å². The molecule has 2 rings (SSSR count). The quantitative estimate of drug-likeness (QED) is 0.424. The van der Waals surface area contributed by atoms with Gasteiger partial charge in [-0.3, -0.25) is 4.79 Å². The molecule has 2 aromatic rings. The zero-order valence-electron chi connectivity index (χ0n) is 15.5. The molecular formula is C19H21BrN4O4. The Kier molecular flexibility index (Phi) is 7.82. The van der Waals surface area contributed by atoms with E-state index in [-0.39, 0.29) is 12.5 Å². The SMILES string of the molecule is CCOc1cc(C=NNC(N)=O)cc(Br)c1OCC(=O)Nc1ccc(C)cc1. The molecule has 0 bridgehead atoms. The van der Waals surface area contributed by atoms with Gasteiger partial charge in [-0.2, -0.15) is 5.10 Å². The zero-order valence-corrected chi connectivity index (χ0v) is 17.1. The summed E-state index contributed by atoms with van der Waals surface area (Å²) in [6.07, 6.45) is 1.41. The van der Waals surface area contributed by atoms with Crippen LogP contribution in [0, 0.1) is 6.92 Å². The van der Waals surface area contributed by atoms with E-state index in [1.54, 1.807) is 12.1 Å². The molecule has 8 nitrogen and oxygen atoms in total. The molecule has 4 N–H and O–H groups in total. The first-order valence-corrected chi connectivity index (χ1v) is 9.22. The molecule has 0 unspecified atom stereocenters.